The van der Waals surface area contributed by atoms with Crippen LogP contribution in [0.1, 0.15) is 29.8 Å². The van der Waals surface area contributed by atoms with Crippen LogP contribution in [-0.2, 0) is 4.74 Å². The van der Waals surface area contributed by atoms with E-state index in [0.717, 1.165) is 25.3 Å². The molecule has 1 amide bonds. The van der Waals surface area contributed by atoms with Crippen LogP contribution in [0.25, 0.3) is 0 Å². The minimum atomic E-state index is -0.0251. The first-order valence-corrected chi connectivity index (χ1v) is 7.23. The molecule has 0 saturated carbocycles. The van der Waals surface area contributed by atoms with Gasteiger partial charge in [0.2, 0.25) is 0 Å². The molecule has 0 unspecified atom stereocenters. The Hall–Kier alpha value is -1.39. The van der Waals surface area contributed by atoms with Crippen molar-refractivity contribution in [2.24, 2.45) is 5.92 Å². The first kappa shape index (κ1) is 16.7. The average molecular weight is 278 g/mol. The highest BCUT2D eigenvalue weighted by Gasteiger charge is 2.03. The van der Waals surface area contributed by atoms with Crippen LogP contribution in [0, 0.1) is 12.8 Å². The predicted octanol–water partition coefficient (Wildman–Crippen LogP) is 1.99. The molecule has 0 aromatic heterocycles. The van der Waals surface area contributed by atoms with Gasteiger partial charge in [-0.05, 0) is 25.0 Å². The van der Waals surface area contributed by atoms with Gasteiger partial charge in [-0.15, -0.1) is 0 Å². The lowest BCUT2D eigenvalue weighted by Crippen LogP contribution is -2.33. The van der Waals surface area contributed by atoms with Gasteiger partial charge in [0.1, 0.15) is 0 Å². The third-order valence-corrected chi connectivity index (χ3v) is 2.78. The number of aryl methyl sites for hydroxylation is 1. The molecule has 1 aromatic carbocycles. The molecule has 0 spiro atoms. The standard InChI is InChI=1S/C16H26N2O2/c1-13(2)12-20-11-10-17-8-9-18-16(19)15-6-4-14(3)5-7-15/h4-7,13,17H,8-12H2,1-3H3,(H,18,19). The lowest BCUT2D eigenvalue weighted by molar-refractivity contribution is 0.0952. The van der Waals surface area contributed by atoms with E-state index in [1.165, 1.54) is 0 Å². The van der Waals surface area contributed by atoms with E-state index in [0.29, 0.717) is 24.6 Å². The normalized spacial score (nSPS) is 10.8. The second-order valence-electron chi connectivity index (χ2n) is 5.34. The molecule has 1 aromatic rings. The first-order valence-electron chi connectivity index (χ1n) is 7.23. The van der Waals surface area contributed by atoms with Crippen LogP contribution in [0.3, 0.4) is 0 Å². The molecule has 0 atom stereocenters. The van der Waals surface area contributed by atoms with E-state index in [-0.39, 0.29) is 5.91 Å². The van der Waals surface area contributed by atoms with Crippen LogP contribution in [0.5, 0.6) is 0 Å². The third kappa shape index (κ3) is 7.26. The van der Waals surface area contributed by atoms with Crippen molar-refractivity contribution < 1.29 is 9.53 Å². The highest BCUT2D eigenvalue weighted by Crippen LogP contribution is 2.02. The van der Waals surface area contributed by atoms with Gasteiger partial charge in [0.15, 0.2) is 0 Å². The van der Waals surface area contributed by atoms with Crippen molar-refractivity contribution >= 4 is 5.91 Å². The Labute approximate surface area is 121 Å². The fourth-order valence-electron chi connectivity index (χ4n) is 1.66. The summed E-state index contributed by atoms with van der Waals surface area (Å²) in [6, 6.07) is 7.58. The molecule has 4 nitrogen and oxygen atoms in total. The van der Waals surface area contributed by atoms with Crippen LogP contribution < -0.4 is 10.6 Å². The molecule has 0 bridgehead atoms. The fourth-order valence-corrected chi connectivity index (χ4v) is 1.66. The van der Waals surface area contributed by atoms with Crippen LogP contribution in [0.2, 0.25) is 0 Å². The van der Waals surface area contributed by atoms with Crippen molar-refractivity contribution in [2.45, 2.75) is 20.8 Å². The van der Waals surface area contributed by atoms with Crippen molar-refractivity contribution in [1.82, 2.24) is 10.6 Å². The Morgan fingerprint density at radius 2 is 1.85 bits per heavy atom. The Bertz CT molecular complexity index is 388. The van der Waals surface area contributed by atoms with E-state index >= 15 is 0 Å². The highest BCUT2D eigenvalue weighted by molar-refractivity contribution is 5.94. The number of hydrogen-bond donors (Lipinski definition) is 2. The van der Waals surface area contributed by atoms with Gasteiger partial charge in [-0.3, -0.25) is 4.79 Å². The summed E-state index contributed by atoms with van der Waals surface area (Å²) in [5.74, 6) is 0.548. The Kier molecular flexibility index (Phi) is 7.92. The Morgan fingerprint density at radius 1 is 1.15 bits per heavy atom. The molecule has 0 saturated heterocycles. The average Bonchev–Trinajstić information content (AvgIpc) is 2.42. The zero-order chi connectivity index (χ0) is 14.8. The molecule has 0 aliphatic heterocycles. The number of carbonyl (C=O) groups excluding carboxylic acids is 1. The van der Waals surface area contributed by atoms with Gasteiger partial charge in [0, 0.05) is 31.8 Å². The minimum Gasteiger partial charge on any atom is -0.380 e. The van der Waals surface area contributed by atoms with Gasteiger partial charge < -0.3 is 15.4 Å². The zero-order valence-corrected chi connectivity index (χ0v) is 12.7. The predicted molar refractivity (Wildman–Crippen MR) is 82.0 cm³/mol. The van der Waals surface area contributed by atoms with Crippen molar-refractivity contribution in [2.75, 3.05) is 32.8 Å². The quantitative estimate of drug-likeness (QED) is 0.679. The second kappa shape index (κ2) is 9.50. The summed E-state index contributed by atoms with van der Waals surface area (Å²) in [4.78, 5) is 11.8. The number of hydrogen-bond acceptors (Lipinski definition) is 3. The smallest absolute Gasteiger partial charge is 0.251 e. The molecule has 112 valence electrons. The topological polar surface area (TPSA) is 50.4 Å². The molecule has 1 rings (SSSR count). The summed E-state index contributed by atoms with van der Waals surface area (Å²) in [5, 5.41) is 6.12. The first-order chi connectivity index (χ1) is 9.59. The molecule has 20 heavy (non-hydrogen) atoms. The van der Waals surface area contributed by atoms with Gasteiger partial charge in [-0.2, -0.15) is 0 Å². The fraction of sp³-hybridized carbons (Fsp3) is 0.562. The van der Waals surface area contributed by atoms with Crippen molar-refractivity contribution in [3.8, 4) is 0 Å². The summed E-state index contributed by atoms with van der Waals surface area (Å²) in [6.07, 6.45) is 0. The maximum absolute atomic E-state index is 11.8. The van der Waals surface area contributed by atoms with E-state index < -0.39 is 0 Å². The summed E-state index contributed by atoms with van der Waals surface area (Å²) in [5.41, 5.74) is 1.86. The van der Waals surface area contributed by atoms with Gasteiger partial charge in [-0.25, -0.2) is 0 Å². The molecule has 4 heteroatoms. The molecular formula is C16H26N2O2. The Morgan fingerprint density at radius 3 is 2.50 bits per heavy atom. The lowest BCUT2D eigenvalue weighted by Gasteiger charge is -2.09. The number of carbonyl (C=O) groups is 1. The minimum absolute atomic E-state index is 0.0251. The molecule has 2 N–H and O–H groups in total. The summed E-state index contributed by atoms with van der Waals surface area (Å²) in [7, 11) is 0. The molecule has 0 heterocycles. The van der Waals surface area contributed by atoms with E-state index in [1.807, 2.05) is 31.2 Å². The number of rotatable bonds is 9. The van der Waals surface area contributed by atoms with E-state index in [2.05, 4.69) is 24.5 Å². The van der Waals surface area contributed by atoms with Crippen LogP contribution in [-0.4, -0.2) is 38.8 Å². The van der Waals surface area contributed by atoms with Crippen molar-refractivity contribution in [1.29, 1.82) is 0 Å². The van der Waals surface area contributed by atoms with Gasteiger partial charge in [-0.1, -0.05) is 31.5 Å². The van der Waals surface area contributed by atoms with Crippen LogP contribution in [0.4, 0.5) is 0 Å². The second-order valence-corrected chi connectivity index (χ2v) is 5.34. The zero-order valence-electron chi connectivity index (χ0n) is 12.7. The number of ether oxygens (including phenoxy) is 1. The largest absolute Gasteiger partial charge is 0.380 e. The number of nitrogens with one attached hydrogen (secondary N) is 2. The maximum atomic E-state index is 11.8. The molecule has 0 radical (unpaired) electrons. The summed E-state index contributed by atoms with van der Waals surface area (Å²) < 4.78 is 5.45. The van der Waals surface area contributed by atoms with Crippen molar-refractivity contribution in [3.63, 3.8) is 0 Å². The number of amides is 1. The van der Waals surface area contributed by atoms with E-state index in [1.54, 1.807) is 0 Å². The Balaban J connectivity index is 2.04. The van der Waals surface area contributed by atoms with E-state index in [4.69, 9.17) is 4.74 Å². The molecule has 0 aliphatic carbocycles. The molecule has 0 aliphatic rings. The molecule has 0 fully saturated rings. The van der Waals surface area contributed by atoms with E-state index in [9.17, 15) is 4.79 Å². The van der Waals surface area contributed by atoms with Crippen LogP contribution in [0.15, 0.2) is 24.3 Å². The van der Waals surface area contributed by atoms with Gasteiger partial charge >= 0.3 is 0 Å². The monoisotopic (exact) mass is 278 g/mol. The number of benzene rings is 1. The van der Waals surface area contributed by atoms with Crippen molar-refractivity contribution in [3.05, 3.63) is 35.4 Å². The summed E-state index contributed by atoms with van der Waals surface area (Å²) >= 11 is 0. The van der Waals surface area contributed by atoms with Crippen LogP contribution >= 0.6 is 0 Å². The summed E-state index contributed by atoms with van der Waals surface area (Å²) in [6.45, 7) is 9.97. The SMILES string of the molecule is Cc1ccc(C(=O)NCCNCCOCC(C)C)cc1. The maximum Gasteiger partial charge on any atom is 0.251 e. The van der Waals surface area contributed by atoms with Gasteiger partial charge in [0.05, 0.1) is 6.61 Å². The lowest BCUT2D eigenvalue weighted by atomic mass is 10.1. The third-order valence-electron chi connectivity index (χ3n) is 2.78. The molecular weight excluding hydrogens is 252 g/mol. The van der Waals surface area contributed by atoms with Gasteiger partial charge in [0.25, 0.3) is 5.91 Å². The highest BCUT2D eigenvalue weighted by atomic mass is 16.5.